The summed E-state index contributed by atoms with van der Waals surface area (Å²) in [5.41, 5.74) is 1.91. The molecule has 0 atom stereocenters. The van der Waals surface area contributed by atoms with Crippen LogP contribution in [0.2, 0.25) is 0 Å². The molecule has 6 nitrogen and oxygen atoms in total. The Balaban J connectivity index is 1.85. The molecule has 29 heavy (non-hydrogen) atoms. The van der Waals surface area contributed by atoms with E-state index in [1.807, 2.05) is 0 Å². The first-order chi connectivity index (χ1) is 13.9. The summed E-state index contributed by atoms with van der Waals surface area (Å²) in [5, 5.41) is 0. The summed E-state index contributed by atoms with van der Waals surface area (Å²) in [6.45, 7) is 1.88. The van der Waals surface area contributed by atoms with Gasteiger partial charge in [0.25, 0.3) is 0 Å². The van der Waals surface area contributed by atoms with E-state index >= 15 is 0 Å². The van der Waals surface area contributed by atoms with Crippen molar-refractivity contribution in [1.29, 1.82) is 0 Å². The van der Waals surface area contributed by atoms with Gasteiger partial charge in [0.05, 0.1) is 29.4 Å². The standard InChI is InChI=1S/C20H15F3N4O2/c1-2-29-18(28)12-7-9-13(10-8-12)27-16(11-24-19(27)20(21,22)23)17-25-14-5-3-4-6-15(14)26-17/h3-11H,2H2,1H3,(H,25,26). The molecule has 1 N–H and O–H groups in total. The van der Waals surface area contributed by atoms with Crippen LogP contribution in [0.4, 0.5) is 13.2 Å². The zero-order valence-electron chi connectivity index (χ0n) is 15.2. The van der Waals surface area contributed by atoms with Gasteiger partial charge in [-0.3, -0.25) is 4.57 Å². The van der Waals surface area contributed by atoms with Crippen LogP contribution in [-0.2, 0) is 10.9 Å². The van der Waals surface area contributed by atoms with Crippen molar-refractivity contribution >= 4 is 17.0 Å². The molecule has 4 aromatic rings. The summed E-state index contributed by atoms with van der Waals surface area (Å²) in [6, 6.07) is 12.8. The smallest absolute Gasteiger partial charge is 0.450 e. The van der Waals surface area contributed by atoms with E-state index in [4.69, 9.17) is 4.74 Å². The molecule has 2 heterocycles. The van der Waals surface area contributed by atoms with Gasteiger partial charge in [-0.2, -0.15) is 13.2 Å². The van der Waals surface area contributed by atoms with Crippen molar-refractivity contribution in [3.8, 4) is 17.2 Å². The number of carbonyl (C=O) groups excluding carboxylic acids is 1. The predicted molar refractivity (Wildman–Crippen MR) is 99.6 cm³/mol. The van der Waals surface area contributed by atoms with Crippen LogP contribution < -0.4 is 0 Å². The Bertz CT molecular complexity index is 1140. The monoisotopic (exact) mass is 400 g/mol. The first-order valence-electron chi connectivity index (χ1n) is 8.76. The van der Waals surface area contributed by atoms with Crippen LogP contribution in [-0.4, -0.2) is 32.1 Å². The van der Waals surface area contributed by atoms with Gasteiger partial charge in [0, 0.05) is 5.69 Å². The molecule has 0 unspecified atom stereocenters. The minimum absolute atomic E-state index is 0.150. The van der Waals surface area contributed by atoms with Gasteiger partial charge in [-0.15, -0.1) is 0 Å². The number of benzene rings is 2. The lowest BCUT2D eigenvalue weighted by Crippen LogP contribution is -2.15. The molecule has 9 heteroatoms. The molecule has 0 spiro atoms. The van der Waals surface area contributed by atoms with Crippen molar-refractivity contribution in [3.63, 3.8) is 0 Å². The van der Waals surface area contributed by atoms with E-state index in [2.05, 4.69) is 15.0 Å². The molecule has 0 aliphatic rings. The van der Waals surface area contributed by atoms with Crippen LogP contribution >= 0.6 is 0 Å². The highest BCUT2D eigenvalue weighted by atomic mass is 19.4. The van der Waals surface area contributed by atoms with Crippen molar-refractivity contribution in [2.75, 3.05) is 6.61 Å². The Hall–Kier alpha value is -3.62. The lowest BCUT2D eigenvalue weighted by atomic mass is 10.2. The normalized spacial score (nSPS) is 11.7. The molecule has 0 amide bonds. The van der Waals surface area contributed by atoms with Crippen LogP contribution in [0.1, 0.15) is 23.1 Å². The Labute approximate surface area is 163 Å². The SMILES string of the molecule is CCOC(=O)c1ccc(-n2c(-c3nc4ccccc4[nH]3)cnc2C(F)(F)F)cc1. The maximum absolute atomic E-state index is 13.6. The highest BCUT2D eigenvalue weighted by Crippen LogP contribution is 2.34. The molecule has 0 saturated carbocycles. The largest absolute Gasteiger partial charge is 0.462 e. The fourth-order valence-electron chi connectivity index (χ4n) is 3.02. The van der Waals surface area contributed by atoms with Crippen molar-refractivity contribution in [3.05, 3.63) is 66.1 Å². The van der Waals surface area contributed by atoms with Gasteiger partial charge in [-0.05, 0) is 43.3 Å². The average Bonchev–Trinajstić information content (AvgIpc) is 3.32. The molecule has 148 valence electrons. The second kappa shape index (κ2) is 7.08. The third-order valence-electron chi connectivity index (χ3n) is 4.28. The van der Waals surface area contributed by atoms with E-state index in [9.17, 15) is 18.0 Å². The molecule has 2 aromatic carbocycles. The summed E-state index contributed by atoms with van der Waals surface area (Å²) in [5.74, 6) is -1.38. The van der Waals surface area contributed by atoms with Crippen LogP contribution in [0.15, 0.2) is 54.7 Å². The molecule has 0 saturated heterocycles. The quantitative estimate of drug-likeness (QED) is 0.508. The van der Waals surface area contributed by atoms with Crippen molar-refractivity contribution in [2.45, 2.75) is 13.1 Å². The van der Waals surface area contributed by atoms with E-state index in [0.717, 1.165) is 10.8 Å². The summed E-state index contributed by atoms with van der Waals surface area (Å²) in [4.78, 5) is 22.8. The number of rotatable bonds is 4. The molecular formula is C20H15F3N4O2. The molecule has 0 radical (unpaired) electrons. The maximum Gasteiger partial charge on any atom is 0.450 e. The van der Waals surface area contributed by atoms with E-state index < -0.39 is 18.0 Å². The lowest BCUT2D eigenvalue weighted by Gasteiger charge is -2.13. The summed E-state index contributed by atoms with van der Waals surface area (Å²) in [6.07, 6.45) is -3.55. The number of halogens is 3. The predicted octanol–water partition coefficient (Wildman–Crippen LogP) is 4.61. The average molecular weight is 400 g/mol. The van der Waals surface area contributed by atoms with Crippen molar-refractivity contribution < 1.29 is 22.7 Å². The number of nitrogens with zero attached hydrogens (tertiary/aromatic N) is 3. The molecule has 0 aliphatic carbocycles. The first kappa shape index (κ1) is 18.7. The van der Waals surface area contributed by atoms with E-state index in [1.54, 1.807) is 31.2 Å². The number of H-pyrrole nitrogens is 1. The van der Waals surface area contributed by atoms with Gasteiger partial charge in [0.15, 0.2) is 5.82 Å². The van der Waals surface area contributed by atoms with E-state index in [1.165, 1.54) is 24.3 Å². The second-order valence-corrected chi connectivity index (χ2v) is 6.17. The zero-order valence-corrected chi connectivity index (χ0v) is 15.2. The van der Waals surface area contributed by atoms with Crippen LogP contribution in [0.3, 0.4) is 0 Å². The first-order valence-corrected chi connectivity index (χ1v) is 8.76. The second-order valence-electron chi connectivity index (χ2n) is 6.17. The van der Waals surface area contributed by atoms with E-state index in [-0.39, 0.29) is 29.4 Å². The number of fused-ring (bicyclic) bond motifs is 1. The third-order valence-corrected chi connectivity index (χ3v) is 4.28. The molecule has 0 aliphatic heterocycles. The fourth-order valence-corrected chi connectivity index (χ4v) is 3.02. The molecule has 2 aromatic heterocycles. The number of para-hydroxylation sites is 2. The topological polar surface area (TPSA) is 72.8 Å². The van der Waals surface area contributed by atoms with Crippen LogP contribution in [0, 0.1) is 0 Å². The van der Waals surface area contributed by atoms with Crippen molar-refractivity contribution in [1.82, 2.24) is 19.5 Å². The number of aromatic nitrogens is 4. The van der Waals surface area contributed by atoms with Gasteiger partial charge in [0.1, 0.15) is 5.69 Å². The molecule has 0 fully saturated rings. The fraction of sp³-hybridized carbons (Fsp3) is 0.150. The number of carbonyl (C=O) groups is 1. The van der Waals surface area contributed by atoms with E-state index in [0.29, 0.717) is 11.0 Å². The molecular weight excluding hydrogens is 385 g/mol. The highest BCUT2D eigenvalue weighted by molar-refractivity contribution is 5.89. The van der Waals surface area contributed by atoms with Gasteiger partial charge in [0.2, 0.25) is 5.82 Å². The molecule has 4 rings (SSSR count). The van der Waals surface area contributed by atoms with Crippen LogP contribution in [0.25, 0.3) is 28.2 Å². The molecule has 0 bridgehead atoms. The van der Waals surface area contributed by atoms with Crippen molar-refractivity contribution in [2.24, 2.45) is 0 Å². The maximum atomic E-state index is 13.6. The Morgan fingerprint density at radius 2 is 1.86 bits per heavy atom. The number of ether oxygens (including phenoxy) is 1. The third kappa shape index (κ3) is 3.46. The van der Waals surface area contributed by atoms with Gasteiger partial charge >= 0.3 is 12.1 Å². The van der Waals surface area contributed by atoms with Crippen LogP contribution in [0.5, 0.6) is 0 Å². The summed E-state index contributed by atoms with van der Waals surface area (Å²) < 4.78 is 46.6. The Morgan fingerprint density at radius 1 is 1.14 bits per heavy atom. The number of alkyl halides is 3. The number of hydrogen-bond donors (Lipinski definition) is 1. The number of imidazole rings is 2. The number of hydrogen-bond acceptors (Lipinski definition) is 4. The lowest BCUT2D eigenvalue weighted by molar-refractivity contribution is -0.145. The minimum Gasteiger partial charge on any atom is -0.462 e. The van der Waals surface area contributed by atoms with Gasteiger partial charge in [-0.25, -0.2) is 14.8 Å². The Morgan fingerprint density at radius 3 is 2.52 bits per heavy atom. The Kier molecular flexibility index (Phi) is 4.57. The number of nitrogens with one attached hydrogen (secondary N) is 1. The summed E-state index contributed by atoms with van der Waals surface area (Å²) >= 11 is 0. The zero-order chi connectivity index (χ0) is 20.6. The van der Waals surface area contributed by atoms with Gasteiger partial charge < -0.3 is 9.72 Å². The summed E-state index contributed by atoms with van der Waals surface area (Å²) in [7, 11) is 0. The minimum atomic E-state index is -4.68. The number of aromatic amines is 1. The van der Waals surface area contributed by atoms with Gasteiger partial charge in [-0.1, -0.05) is 12.1 Å². The highest BCUT2D eigenvalue weighted by Gasteiger charge is 2.38. The number of esters is 1.